The molecule has 0 aliphatic rings. The fraction of sp³-hybridized carbons (Fsp3) is 0.333. The molecule has 1 unspecified atom stereocenters. The zero-order valence-corrected chi connectivity index (χ0v) is 13.6. The van der Waals surface area contributed by atoms with Crippen LogP contribution in [-0.4, -0.2) is 5.33 Å². The zero-order chi connectivity index (χ0) is 14.5. The van der Waals surface area contributed by atoms with Gasteiger partial charge in [-0.15, -0.1) is 0 Å². The molecule has 2 heteroatoms. The Morgan fingerprint density at radius 3 is 2.50 bits per heavy atom. The molecule has 20 heavy (non-hydrogen) atoms. The third-order valence-electron chi connectivity index (χ3n) is 3.64. The van der Waals surface area contributed by atoms with Crippen LogP contribution in [0.1, 0.15) is 22.3 Å². The first kappa shape index (κ1) is 15.2. The highest BCUT2D eigenvalue weighted by Crippen LogP contribution is 2.20. The van der Waals surface area contributed by atoms with Crippen molar-refractivity contribution in [2.75, 3.05) is 5.33 Å². The summed E-state index contributed by atoms with van der Waals surface area (Å²) in [6.45, 7) is 4.10. The predicted octanol–water partition coefficient (Wildman–Crippen LogP) is 5.24. The van der Waals surface area contributed by atoms with Crippen LogP contribution in [0, 0.1) is 25.6 Å². The van der Waals surface area contributed by atoms with Crippen molar-refractivity contribution in [3.05, 3.63) is 70.5 Å². The zero-order valence-electron chi connectivity index (χ0n) is 12.0. The summed E-state index contributed by atoms with van der Waals surface area (Å²) >= 11 is 3.61. The molecule has 0 N–H and O–H groups in total. The Balaban J connectivity index is 2.09. The van der Waals surface area contributed by atoms with Crippen molar-refractivity contribution in [1.29, 1.82) is 0 Å². The third kappa shape index (κ3) is 4.17. The van der Waals surface area contributed by atoms with Gasteiger partial charge in [0.2, 0.25) is 0 Å². The molecule has 0 aliphatic carbocycles. The van der Waals surface area contributed by atoms with Crippen molar-refractivity contribution >= 4 is 15.9 Å². The summed E-state index contributed by atoms with van der Waals surface area (Å²) in [5.41, 5.74) is 4.95. The second-order valence-electron chi connectivity index (χ2n) is 5.49. The lowest BCUT2D eigenvalue weighted by molar-refractivity contribution is 0.585. The Kier molecular flexibility index (Phi) is 5.36. The average molecular weight is 335 g/mol. The molecular formula is C18H20BrF. The maximum atomic E-state index is 13.1. The van der Waals surface area contributed by atoms with Gasteiger partial charge in [0.05, 0.1) is 0 Å². The van der Waals surface area contributed by atoms with E-state index in [9.17, 15) is 4.39 Å². The van der Waals surface area contributed by atoms with Crippen LogP contribution in [-0.2, 0) is 12.8 Å². The second kappa shape index (κ2) is 7.03. The van der Waals surface area contributed by atoms with Gasteiger partial charge in [-0.25, -0.2) is 4.39 Å². The highest BCUT2D eigenvalue weighted by Gasteiger charge is 2.11. The highest BCUT2D eigenvalue weighted by atomic mass is 79.9. The van der Waals surface area contributed by atoms with Crippen LogP contribution in [0.25, 0.3) is 0 Å². The minimum absolute atomic E-state index is 0.152. The van der Waals surface area contributed by atoms with Gasteiger partial charge < -0.3 is 0 Å². The van der Waals surface area contributed by atoms with E-state index in [-0.39, 0.29) is 5.82 Å². The number of hydrogen-bond acceptors (Lipinski definition) is 0. The minimum atomic E-state index is -0.152. The summed E-state index contributed by atoms with van der Waals surface area (Å²) in [5, 5.41) is 0.956. The summed E-state index contributed by atoms with van der Waals surface area (Å²) in [6.07, 6.45) is 2.02. The number of rotatable bonds is 5. The van der Waals surface area contributed by atoms with E-state index in [1.165, 1.54) is 16.7 Å². The molecule has 0 nitrogen and oxygen atoms in total. The fourth-order valence-electron chi connectivity index (χ4n) is 2.55. The quantitative estimate of drug-likeness (QED) is 0.656. The molecule has 0 fully saturated rings. The van der Waals surface area contributed by atoms with E-state index in [0.29, 0.717) is 5.92 Å². The molecule has 0 aliphatic heterocycles. The predicted molar refractivity (Wildman–Crippen MR) is 87.0 cm³/mol. The van der Waals surface area contributed by atoms with E-state index >= 15 is 0 Å². The lowest BCUT2D eigenvalue weighted by atomic mass is 9.92. The Hall–Kier alpha value is -1.15. The molecule has 1 atom stereocenters. The van der Waals surface area contributed by atoms with Crippen LogP contribution < -0.4 is 0 Å². The molecule has 0 saturated heterocycles. The summed E-state index contributed by atoms with van der Waals surface area (Å²) in [7, 11) is 0. The second-order valence-corrected chi connectivity index (χ2v) is 6.14. The van der Waals surface area contributed by atoms with Crippen molar-refractivity contribution in [3.63, 3.8) is 0 Å². The van der Waals surface area contributed by atoms with Crippen LogP contribution in [0.2, 0.25) is 0 Å². The first-order valence-electron chi connectivity index (χ1n) is 6.95. The number of benzene rings is 2. The first-order valence-corrected chi connectivity index (χ1v) is 8.07. The molecule has 0 heterocycles. The topological polar surface area (TPSA) is 0 Å². The molecule has 2 aromatic rings. The maximum Gasteiger partial charge on any atom is 0.123 e. The summed E-state index contributed by atoms with van der Waals surface area (Å²) in [5.74, 6) is 0.376. The highest BCUT2D eigenvalue weighted by molar-refractivity contribution is 9.09. The van der Waals surface area contributed by atoms with E-state index in [1.54, 1.807) is 12.1 Å². The molecule has 0 saturated carbocycles. The van der Waals surface area contributed by atoms with Gasteiger partial charge in [0.25, 0.3) is 0 Å². The van der Waals surface area contributed by atoms with Gasteiger partial charge in [-0.1, -0.05) is 51.8 Å². The van der Waals surface area contributed by atoms with Gasteiger partial charge >= 0.3 is 0 Å². The van der Waals surface area contributed by atoms with Crippen molar-refractivity contribution in [1.82, 2.24) is 0 Å². The molecule has 0 amide bonds. The van der Waals surface area contributed by atoms with Gasteiger partial charge in [0.1, 0.15) is 5.82 Å². The van der Waals surface area contributed by atoms with Crippen LogP contribution in [0.15, 0.2) is 42.5 Å². The van der Waals surface area contributed by atoms with Crippen LogP contribution in [0.3, 0.4) is 0 Å². The Morgan fingerprint density at radius 2 is 1.85 bits per heavy atom. The van der Waals surface area contributed by atoms with Crippen LogP contribution >= 0.6 is 15.9 Å². The smallest absolute Gasteiger partial charge is 0.123 e. The summed E-state index contributed by atoms with van der Waals surface area (Å²) in [4.78, 5) is 0. The largest absolute Gasteiger partial charge is 0.207 e. The standard InChI is InChI=1S/C18H20BrF/c1-13-4-3-5-15(8-13)10-16(12-19)11-17-6-7-18(20)9-14(17)2/h3-9,16H,10-12H2,1-2H3. The molecule has 0 bridgehead atoms. The van der Waals surface area contributed by atoms with Gasteiger partial charge in [0, 0.05) is 5.33 Å². The molecule has 106 valence electrons. The van der Waals surface area contributed by atoms with Crippen molar-refractivity contribution in [2.24, 2.45) is 5.92 Å². The molecule has 0 spiro atoms. The van der Waals surface area contributed by atoms with Gasteiger partial charge in [-0.2, -0.15) is 0 Å². The number of hydrogen-bond donors (Lipinski definition) is 0. The van der Waals surface area contributed by atoms with E-state index in [0.717, 1.165) is 23.7 Å². The van der Waals surface area contributed by atoms with Crippen molar-refractivity contribution in [2.45, 2.75) is 26.7 Å². The normalized spacial score (nSPS) is 12.4. The number of aryl methyl sites for hydroxylation is 2. The Bertz CT molecular complexity index is 577. The maximum absolute atomic E-state index is 13.1. The van der Waals surface area contributed by atoms with E-state index in [4.69, 9.17) is 0 Å². The average Bonchev–Trinajstić information content (AvgIpc) is 2.41. The lowest BCUT2D eigenvalue weighted by Gasteiger charge is -2.16. The first-order chi connectivity index (χ1) is 9.58. The van der Waals surface area contributed by atoms with Crippen molar-refractivity contribution < 1.29 is 4.39 Å². The van der Waals surface area contributed by atoms with Gasteiger partial charge in [-0.3, -0.25) is 0 Å². The van der Waals surface area contributed by atoms with Crippen molar-refractivity contribution in [3.8, 4) is 0 Å². The van der Waals surface area contributed by atoms with Crippen LogP contribution in [0.4, 0.5) is 4.39 Å². The SMILES string of the molecule is Cc1cccc(CC(CBr)Cc2ccc(F)cc2C)c1. The lowest BCUT2D eigenvalue weighted by Crippen LogP contribution is -2.11. The molecule has 0 aromatic heterocycles. The van der Waals surface area contributed by atoms with Crippen LogP contribution in [0.5, 0.6) is 0 Å². The fourth-order valence-corrected chi connectivity index (χ4v) is 3.01. The third-order valence-corrected chi connectivity index (χ3v) is 4.55. The number of alkyl halides is 1. The van der Waals surface area contributed by atoms with E-state index in [1.807, 2.05) is 13.0 Å². The molecular weight excluding hydrogens is 315 g/mol. The monoisotopic (exact) mass is 334 g/mol. The van der Waals surface area contributed by atoms with E-state index < -0.39 is 0 Å². The van der Waals surface area contributed by atoms with E-state index in [2.05, 4.69) is 47.1 Å². The minimum Gasteiger partial charge on any atom is -0.207 e. The Labute approximate surface area is 129 Å². The van der Waals surface area contributed by atoms with Gasteiger partial charge in [-0.05, 0) is 61.4 Å². The summed E-state index contributed by atoms with van der Waals surface area (Å²) in [6, 6.07) is 13.7. The molecule has 2 rings (SSSR count). The Morgan fingerprint density at radius 1 is 1.05 bits per heavy atom. The van der Waals surface area contributed by atoms with Gasteiger partial charge in [0.15, 0.2) is 0 Å². The molecule has 2 aromatic carbocycles. The summed E-state index contributed by atoms with van der Waals surface area (Å²) < 4.78 is 13.1. The molecule has 0 radical (unpaired) electrons. The number of halogens is 2.